The van der Waals surface area contributed by atoms with E-state index in [0.717, 1.165) is 11.1 Å². The average Bonchev–Trinajstić information content (AvgIpc) is 3.06. The molecule has 46 heavy (non-hydrogen) atoms. The highest BCUT2D eigenvalue weighted by molar-refractivity contribution is 7.92. The number of hydrogen-bond acceptors (Lipinski definition) is 7. The standard InChI is InChI=1S/C35H30ClN3O6S/c1-44-34(40)22-32(24-16-14-23(15-17-24)29-12-5-6-13-33(29)45-27-9-3-2-4-10-27)38-35(41)30-20-25(36)18-19-31(30)39-46(42,43)28-11-7-8-26(37)21-28/h2-21,32,39H,22,37H2,1H3,(H,38,41). The van der Waals surface area contributed by atoms with E-state index in [4.69, 9.17) is 26.8 Å². The number of amides is 1. The first-order valence-corrected chi connectivity index (χ1v) is 16.0. The number of methoxy groups -OCH3 is 1. The van der Waals surface area contributed by atoms with Crippen molar-refractivity contribution >= 4 is 44.9 Å². The van der Waals surface area contributed by atoms with Crippen LogP contribution in [0, 0.1) is 0 Å². The Morgan fingerprint density at radius 1 is 0.848 bits per heavy atom. The molecule has 0 saturated heterocycles. The predicted molar refractivity (Wildman–Crippen MR) is 178 cm³/mol. The number of ether oxygens (including phenoxy) is 2. The molecule has 0 spiro atoms. The van der Waals surface area contributed by atoms with Crippen molar-refractivity contribution in [2.24, 2.45) is 0 Å². The van der Waals surface area contributed by atoms with Crippen molar-refractivity contribution in [2.45, 2.75) is 17.4 Å². The zero-order valence-corrected chi connectivity index (χ0v) is 26.2. The molecule has 0 aromatic heterocycles. The molecule has 0 aliphatic rings. The van der Waals surface area contributed by atoms with Gasteiger partial charge < -0.3 is 20.5 Å². The Kier molecular flexibility index (Phi) is 9.90. The third kappa shape index (κ3) is 7.84. The molecule has 0 aliphatic heterocycles. The van der Waals surface area contributed by atoms with E-state index in [0.29, 0.717) is 17.1 Å². The van der Waals surface area contributed by atoms with Crippen LogP contribution in [0.2, 0.25) is 5.02 Å². The number of halogens is 1. The lowest BCUT2D eigenvalue weighted by Gasteiger charge is -2.20. The van der Waals surface area contributed by atoms with Crippen LogP contribution in [0.4, 0.5) is 11.4 Å². The van der Waals surface area contributed by atoms with Crippen LogP contribution in [0.25, 0.3) is 11.1 Å². The normalized spacial score (nSPS) is 11.7. The summed E-state index contributed by atoms with van der Waals surface area (Å²) >= 11 is 6.21. The van der Waals surface area contributed by atoms with Crippen LogP contribution in [0.5, 0.6) is 11.5 Å². The van der Waals surface area contributed by atoms with E-state index in [1.807, 2.05) is 66.7 Å². The Morgan fingerprint density at radius 3 is 2.28 bits per heavy atom. The summed E-state index contributed by atoms with van der Waals surface area (Å²) in [6.45, 7) is 0. The molecule has 0 saturated carbocycles. The summed E-state index contributed by atoms with van der Waals surface area (Å²) in [5, 5.41) is 3.05. The molecular formula is C35H30ClN3O6S. The van der Waals surface area contributed by atoms with Crippen molar-refractivity contribution in [1.82, 2.24) is 5.32 Å². The maximum Gasteiger partial charge on any atom is 0.307 e. The number of hydrogen-bond donors (Lipinski definition) is 3. The van der Waals surface area contributed by atoms with E-state index in [-0.39, 0.29) is 33.3 Å². The number of esters is 1. The molecule has 0 radical (unpaired) electrons. The second-order valence-electron chi connectivity index (χ2n) is 10.2. The molecule has 0 bridgehead atoms. The zero-order valence-electron chi connectivity index (χ0n) is 24.6. The van der Waals surface area contributed by atoms with E-state index in [1.54, 1.807) is 18.2 Å². The lowest BCUT2D eigenvalue weighted by molar-refractivity contribution is -0.141. The second kappa shape index (κ2) is 14.2. The van der Waals surface area contributed by atoms with E-state index in [1.165, 1.54) is 43.5 Å². The molecule has 0 aliphatic carbocycles. The van der Waals surface area contributed by atoms with Gasteiger partial charge >= 0.3 is 5.97 Å². The van der Waals surface area contributed by atoms with E-state index >= 15 is 0 Å². The van der Waals surface area contributed by atoms with Gasteiger partial charge in [-0.3, -0.25) is 14.3 Å². The fourth-order valence-electron chi connectivity index (χ4n) is 4.72. The summed E-state index contributed by atoms with van der Waals surface area (Å²) in [5.74, 6) is 0.148. The monoisotopic (exact) mass is 655 g/mol. The average molecular weight is 656 g/mol. The number of sulfonamides is 1. The lowest BCUT2D eigenvalue weighted by Crippen LogP contribution is -2.31. The fraction of sp³-hybridized carbons (Fsp3) is 0.0857. The van der Waals surface area contributed by atoms with E-state index in [2.05, 4.69) is 10.0 Å². The Balaban J connectivity index is 1.41. The Morgan fingerprint density at radius 2 is 1.57 bits per heavy atom. The van der Waals surface area contributed by atoms with Crippen molar-refractivity contribution in [3.63, 3.8) is 0 Å². The molecule has 1 atom stereocenters. The van der Waals surface area contributed by atoms with Crippen LogP contribution in [0.1, 0.15) is 28.4 Å². The van der Waals surface area contributed by atoms with Crippen LogP contribution in [0.15, 0.2) is 126 Å². The smallest absolute Gasteiger partial charge is 0.307 e. The topological polar surface area (TPSA) is 137 Å². The molecule has 234 valence electrons. The van der Waals surface area contributed by atoms with Gasteiger partial charge in [0.25, 0.3) is 15.9 Å². The third-order valence-corrected chi connectivity index (χ3v) is 8.62. The van der Waals surface area contributed by atoms with E-state index < -0.39 is 27.9 Å². The molecule has 1 unspecified atom stereocenters. The van der Waals surface area contributed by atoms with Gasteiger partial charge in [0.2, 0.25) is 0 Å². The van der Waals surface area contributed by atoms with Crippen LogP contribution in [0.3, 0.4) is 0 Å². The molecule has 11 heteroatoms. The number of para-hydroxylation sites is 2. The van der Waals surface area contributed by atoms with Crippen molar-refractivity contribution in [3.8, 4) is 22.6 Å². The molecule has 0 heterocycles. The first-order chi connectivity index (χ1) is 22.1. The number of nitrogens with one attached hydrogen (secondary N) is 2. The number of nitrogens with two attached hydrogens (primary N) is 1. The Labute approximate surface area is 272 Å². The molecular weight excluding hydrogens is 626 g/mol. The number of carbonyl (C=O) groups excluding carboxylic acids is 2. The number of benzene rings is 5. The van der Waals surface area contributed by atoms with Crippen molar-refractivity contribution in [1.29, 1.82) is 0 Å². The maximum atomic E-state index is 13.7. The first kappa shape index (κ1) is 32.1. The maximum absolute atomic E-state index is 13.7. The van der Waals surface area contributed by atoms with E-state index in [9.17, 15) is 18.0 Å². The Bertz CT molecular complexity index is 1970. The molecule has 5 aromatic carbocycles. The molecule has 4 N–H and O–H groups in total. The summed E-state index contributed by atoms with van der Waals surface area (Å²) < 4.78 is 39.7. The lowest BCUT2D eigenvalue weighted by atomic mass is 9.98. The minimum Gasteiger partial charge on any atom is -0.469 e. The van der Waals surface area contributed by atoms with Gasteiger partial charge in [-0.05, 0) is 65.7 Å². The van der Waals surface area contributed by atoms with Gasteiger partial charge in [-0.1, -0.05) is 78.3 Å². The van der Waals surface area contributed by atoms with Gasteiger partial charge in [0.15, 0.2) is 0 Å². The van der Waals surface area contributed by atoms with Crippen LogP contribution in [-0.2, 0) is 19.6 Å². The number of anilines is 2. The minimum absolute atomic E-state index is 0.00786. The van der Waals surface area contributed by atoms with Gasteiger partial charge in [-0.25, -0.2) is 8.42 Å². The SMILES string of the molecule is COC(=O)CC(NC(=O)c1cc(Cl)ccc1NS(=O)(=O)c1cccc(N)c1)c1ccc(-c2ccccc2Oc2ccccc2)cc1. The summed E-state index contributed by atoms with van der Waals surface area (Å²) in [7, 11) is -2.84. The minimum atomic E-state index is -4.10. The van der Waals surface area contributed by atoms with Crippen LogP contribution < -0.4 is 20.5 Å². The van der Waals surface area contributed by atoms with Crippen molar-refractivity contribution < 1.29 is 27.5 Å². The van der Waals surface area contributed by atoms with Crippen LogP contribution >= 0.6 is 11.6 Å². The highest BCUT2D eigenvalue weighted by atomic mass is 35.5. The van der Waals surface area contributed by atoms with Gasteiger partial charge in [-0.15, -0.1) is 0 Å². The number of carbonyl (C=O) groups is 2. The largest absolute Gasteiger partial charge is 0.469 e. The number of rotatable bonds is 11. The van der Waals surface area contributed by atoms with Gasteiger partial charge in [-0.2, -0.15) is 0 Å². The zero-order chi connectivity index (χ0) is 32.7. The van der Waals surface area contributed by atoms with Gasteiger partial charge in [0.05, 0.1) is 35.7 Å². The quantitative estimate of drug-likeness (QED) is 0.101. The van der Waals surface area contributed by atoms with Gasteiger partial charge in [0, 0.05) is 16.3 Å². The number of nitrogen functional groups attached to an aromatic ring is 1. The van der Waals surface area contributed by atoms with Gasteiger partial charge in [0.1, 0.15) is 11.5 Å². The predicted octanol–water partition coefficient (Wildman–Crippen LogP) is 7.22. The Hall–Kier alpha value is -5.32. The van der Waals surface area contributed by atoms with Crippen molar-refractivity contribution in [3.05, 3.63) is 137 Å². The highest BCUT2D eigenvalue weighted by Crippen LogP contribution is 2.34. The molecule has 1 amide bonds. The third-order valence-electron chi connectivity index (χ3n) is 7.02. The highest BCUT2D eigenvalue weighted by Gasteiger charge is 2.24. The first-order valence-electron chi connectivity index (χ1n) is 14.1. The fourth-order valence-corrected chi connectivity index (χ4v) is 6.03. The molecule has 9 nitrogen and oxygen atoms in total. The molecule has 5 rings (SSSR count). The van der Waals surface area contributed by atoms with Crippen LogP contribution in [-0.4, -0.2) is 27.4 Å². The molecule has 0 fully saturated rings. The molecule has 5 aromatic rings. The summed E-state index contributed by atoms with van der Waals surface area (Å²) in [5.41, 5.74) is 8.31. The summed E-state index contributed by atoms with van der Waals surface area (Å²) in [4.78, 5) is 26.0. The summed E-state index contributed by atoms with van der Waals surface area (Å²) in [6.07, 6.45) is -0.180. The second-order valence-corrected chi connectivity index (χ2v) is 12.3. The summed E-state index contributed by atoms with van der Waals surface area (Å²) in [6, 6.07) is 33.5. The van der Waals surface area contributed by atoms with Crippen molar-refractivity contribution in [2.75, 3.05) is 17.6 Å².